The second kappa shape index (κ2) is 13.7. The van der Waals surface area contributed by atoms with Crippen LogP contribution in [0.5, 0.6) is 0 Å². The van der Waals surface area contributed by atoms with Gasteiger partial charge in [0.1, 0.15) is 5.84 Å². The summed E-state index contributed by atoms with van der Waals surface area (Å²) in [6, 6.07) is 6.36. The molecule has 1 heterocycles. The van der Waals surface area contributed by atoms with Crippen molar-refractivity contribution in [2.45, 2.75) is 45.3 Å². The van der Waals surface area contributed by atoms with Crippen LogP contribution < -0.4 is 16.5 Å². The lowest BCUT2D eigenvalue weighted by molar-refractivity contribution is -0.137. The van der Waals surface area contributed by atoms with E-state index < -0.39 is 46.6 Å². The first-order chi connectivity index (χ1) is 19.3. The summed E-state index contributed by atoms with van der Waals surface area (Å²) in [5, 5.41) is 11.6. The molecular formula is C27H31ClF3N5O5. The first-order valence-electron chi connectivity index (χ1n) is 12.9. The maximum Gasteiger partial charge on any atom is 0.417 e. The van der Waals surface area contributed by atoms with Gasteiger partial charge in [-0.15, -0.1) is 0 Å². The Hall–Kier alpha value is -3.84. The van der Waals surface area contributed by atoms with Crippen molar-refractivity contribution in [3.05, 3.63) is 63.7 Å². The van der Waals surface area contributed by atoms with Crippen LogP contribution in [0, 0.1) is 5.92 Å². The average molecular weight is 598 g/mol. The fraction of sp³-hybridized carbons (Fsp3) is 0.407. The number of carbonyl (C=O) groups is 3. The van der Waals surface area contributed by atoms with Gasteiger partial charge >= 0.3 is 18.2 Å². The van der Waals surface area contributed by atoms with Gasteiger partial charge in [0, 0.05) is 5.69 Å². The summed E-state index contributed by atoms with van der Waals surface area (Å²) in [4.78, 5) is 48.9. The molecular weight excluding hydrogens is 567 g/mol. The molecule has 0 fully saturated rings. The van der Waals surface area contributed by atoms with E-state index in [1.54, 1.807) is 6.92 Å². The highest BCUT2D eigenvalue weighted by Crippen LogP contribution is 2.35. The third-order valence-electron chi connectivity index (χ3n) is 6.41. The van der Waals surface area contributed by atoms with Crippen molar-refractivity contribution in [1.29, 1.82) is 0 Å². The zero-order valence-electron chi connectivity index (χ0n) is 22.4. The van der Waals surface area contributed by atoms with Crippen LogP contribution in [0.15, 0.2) is 41.4 Å². The zero-order valence-corrected chi connectivity index (χ0v) is 23.2. The van der Waals surface area contributed by atoms with Crippen molar-refractivity contribution in [3.8, 4) is 0 Å². The van der Waals surface area contributed by atoms with Crippen molar-refractivity contribution in [2.24, 2.45) is 10.9 Å². The summed E-state index contributed by atoms with van der Waals surface area (Å²) in [7, 11) is 0. The van der Waals surface area contributed by atoms with Crippen LogP contribution in [0.25, 0.3) is 0 Å². The number of hydrogen-bond donors (Lipinski definition) is 4. The predicted octanol–water partition coefficient (Wildman–Crippen LogP) is 4.83. The number of nitrogen functional groups attached to an aromatic ring is 1. The Morgan fingerprint density at radius 1 is 1.24 bits per heavy atom. The number of rotatable bonds is 9. The van der Waals surface area contributed by atoms with E-state index in [-0.39, 0.29) is 48.8 Å². The number of alkyl halides is 3. The number of urea groups is 1. The Bertz CT molecular complexity index is 1320. The van der Waals surface area contributed by atoms with E-state index in [0.29, 0.717) is 18.4 Å². The maximum absolute atomic E-state index is 13.6. The number of nitrogens with zero attached hydrogens (tertiary/aromatic N) is 2. The number of benzene rings is 2. The van der Waals surface area contributed by atoms with Gasteiger partial charge in [-0.25, -0.2) is 9.59 Å². The molecule has 0 aliphatic carbocycles. The van der Waals surface area contributed by atoms with Gasteiger partial charge in [0.05, 0.1) is 47.8 Å². The Morgan fingerprint density at radius 3 is 2.59 bits per heavy atom. The van der Waals surface area contributed by atoms with Gasteiger partial charge in [0.25, 0.3) is 0 Å². The van der Waals surface area contributed by atoms with Gasteiger partial charge in [-0.05, 0) is 55.2 Å². The number of nitrogens with one attached hydrogen (secondary N) is 2. The minimum absolute atomic E-state index is 0.0211. The number of halogens is 4. The van der Waals surface area contributed by atoms with Crippen LogP contribution in [0.4, 0.5) is 23.7 Å². The van der Waals surface area contributed by atoms with Gasteiger partial charge < -0.3 is 16.2 Å². The lowest BCUT2D eigenvalue weighted by Gasteiger charge is -2.27. The van der Waals surface area contributed by atoms with Gasteiger partial charge in [0.15, 0.2) is 0 Å². The van der Waals surface area contributed by atoms with E-state index in [2.05, 4.69) is 15.8 Å². The summed E-state index contributed by atoms with van der Waals surface area (Å²) < 4.78 is 40.2. The number of carboxylic acid groups (broad SMARTS) is 1. The molecule has 0 saturated heterocycles. The first kappa shape index (κ1) is 31.7. The fourth-order valence-electron chi connectivity index (χ4n) is 4.37. The summed E-state index contributed by atoms with van der Waals surface area (Å²) >= 11 is 5.74. The number of hydrogen-bond acceptors (Lipinski definition) is 7. The topological polar surface area (TPSA) is 146 Å². The van der Waals surface area contributed by atoms with Crippen molar-refractivity contribution in [2.75, 3.05) is 25.4 Å². The van der Waals surface area contributed by atoms with Gasteiger partial charge in [-0.1, -0.05) is 37.1 Å². The van der Waals surface area contributed by atoms with E-state index in [1.807, 2.05) is 6.92 Å². The molecule has 2 aromatic carbocycles. The number of amidine groups is 1. The number of carbonyl (C=O) groups excluding carboxylic acids is 2. The zero-order chi connectivity index (χ0) is 30.3. The van der Waals surface area contributed by atoms with E-state index in [9.17, 15) is 32.7 Å². The van der Waals surface area contributed by atoms with Crippen LogP contribution in [0.2, 0.25) is 5.02 Å². The van der Waals surface area contributed by atoms with Crippen LogP contribution in [0.3, 0.4) is 0 Å². The third kappa shape index (κ3) is 8.10. The van der Waals surface area contributed by atoms with E-state index in [0.717, 1.165) is 17.0 Å². The molecule has 1 aliphatic heterocycles. The van der Waals surface area contributed by atoms with Crippen LogP contribution in [-0.4, -0.2) is 53.4 Å². The van der Waals surface area contributed by atoms with E-state index in [1.165, 1.54) is 24.3 Å². The molecule has 0 bridgehead atoms. The van der Waals surface area contributed by atoms with E-state index in [4.69, 9.17) is 22.2 Å². The molecule has 3 rings (SSSR count). The number of amides is 3. The SMILES string of the molecule is CCCC(NC(=O)N1CC(NOCC)=NC[C@@H](Cc2ccc(Cl)c(C(F)(F)F)c2)C1=O)c1ccc(C(=O)O)c(N)c1. The highest BCUT2D eigenvalue weighted by Gasteiger charge is 2.36. The predicted molar refractivity (Wildman–Crippen MR) is 146 cm³/mol. The van der Waals surface area contributed by atoms with Crippen LogP contribution >= 0.6 is 11.6 Å². The van der Waals surface area contributed by atoms with Gasteiger partial charge in [0.2, 0.25) is 5.91 Å². The van der Waals surface area contributed by atoms with Crippen molar-refractivity contribution in [3.63, 3.8) is 0 Å². The third-order valence-corrected chi connectivity index (χ3v) is 6.74. The molecule has 5 N–H and O–H groups in total. The summed E-state index contributed by atoms with van der Waals surface area (Å²) in [5.41, 5.74) is 8.17. The minimum atomic E-state index is -4.68. The standard InChI is InChI=1S/C27H31ClF3N5O5/c1-3-5-22(16-7-8-18(25(38)39)21(32)12-16)34-26(40)36-14-23(35-41-4-2)33-13-17(24(36)37)10-15-6-9-20(28)19(11-15)27(29,30)31/h6-9,11-12,17,22H,3-5,10,13-14,32H2,1-2H3,(H,33,35)(H,34,40)(H,38,39)/t17-,22?/m1/s1. The molecule has 0 aromatic heterocycles. The Labute approximate surface area is 239 Å². The normalized spacial score (nSPS) is 16.5. The molecule has 2 atom stereocenters. The molecule has 2 aromatic rings. The lowest BCUT2D eigenvalue weighted by Crippen LogP contribution is -2.50. The number of aromatic carboxylic acids is 1. The first-order valence-corrected chi connectivity index (χ1v) is 13.2. The molecule has 3 amide bonds. The van der Waals surface area contributed by atoms with Crippen LogP contribution in [0.1, 0.15) is 59.8 Å². The van der Waals surface area contributed by atoms with Gasteiger partial charge in [-0.3, -0.25) is 25.0 Å². The Balaban J connectivity index is 1.89. The maximum atomic E-state index is 13.6. The number of aliphatic imine (C=N–C) groups is 1. The van der Waals surface area contributed by atoms with Gasteiger partial charge in [-0.2, -0.15) is 13.2 Å². The summed E-state index contributed by atoms with van der Waals surface area (Å²) in [6.07, 6.45) is -3.72. The lowest BCUT2D eigenvalue weighted by atomic mass is 9.96. The second-order valence-electron chi connectivity index (χ2n) is 9.40. The highest BCUT2D eigenvalue weighted by molar-refractivity contribution is 6.31. The molecule has 222 valence electrons. The number of carboxylic acids is 1. The molecule has 0 saturated carbocycles. The van der Waals surface area contributed by atoms with E-state index >= 15 is 0 Å². The Morgan fingerprint density at radius 2 is 1.98 bits per heavy atom. The highest BCUT2D eigenvalue weighted by atomic mass is 35.5. The largest absolute Gasteiger partial charge is 0.478 e. The Kier molecular flexibility index (Phi) is 10.6. The summed E-state index contributed by atoms with van der Waals surface area (Å²) in [6.45, 7) is 3.50. The monoisotopic (exact) mass is 597 g/mol. The molecule has 14 heteroatoms. The van der Waals surface area contributed by atoms with Crippen molar-refractivity contribution in [1.82, 2.24) is 15.7 Å². The number of imide groups is 1. The fourth-order valence-corrected chi connectivity index (χ4v) is 4.60. The van der Waals surface area contributed by atoms with Crippen LogP contribution in [-0.2, 0) is 22.2 Å². The molecule has 1 aliphatic rings. The number of anilines is 1. The molecule has 0 radical (unpaired) electrons. The minimum Gasteiger partial charge on any atom is -0.478 e. The number of nitrogens with two attached hydrogens (primary N) is 1. The summed E-state index contributed by atoms with van der Waals surface area (Å²) in [5.74, 6) is -2.60. The van der Waals surface area contributed by atoms with Crippen molar-refractivity contribution < 1.29 is 37.5 Å². The average Bonchev–Trinajstić information content (AvgIpc) is 3.06. The number of hydroxylamine groups is 1. The smallest absolute Gasteiger partial charge is 0.417 e. The molecule has 41 heavy (non-hydrogen) atoms. The molecule has 0 spiro atoms. The second-order valence-corrected chi connectivity index (χ2v) is 9.81. The quantitative estimate of drug-likeness (QED) is 0.239. The molecule has 10 nitrogen and oxygen atoms in total. The molecule has 1 unspecified atom stereocenters. The van der Waals surface area contributed by atoms with Crippen molar-refractivity contribution >= 4 is 41.0 Å².